The molecule has 0 saturated heterocycles. The van der Waals surface area contributed by atoms with Crippen LogP contribution in [0.15, 0.2) is 54.0 Å². The maximum atomic E-state index is 12.7. The monoisotopic (exact) mass is 456 g/mol. The summed E-state index contributed by atoms with van der Waals surface area (Å²) in [7, 11) is 0. The van der Waals surface area contributed by atoms with Crippen LogP contribution in [0.2, 0.25) is 0 Å². The number of amides is 1. The Balaban J connectivity index is 1.47. The molecule has 1 aliphatic rings. The molecule has 6 bridgehead atoms. The fourth-order valence-corrected chi connectivity index (χ4v) is 4.44. The molecular formula is C25H24N6OS. The van der Waals surface area contributed by atoms with Gasteiger partial charge in [-0.2, -0.15) is 4.98 Å². The highest BCUT2D eigenvalue weighted by molar-refractivity contribution is 7.09. The molecule has 0 atom stereocenters. The second-order valence-corrected chi connectivity index (χ2v) is 9.19. The summed E-state index contributed by atoms with van der Waals surface area (Å²) in [5, 5.41) is 12.7. The largest absolute Gasteiger partial charge is 0.340 e. The van der Waals surface area contributed by atoms with Crippen molar-refractivity contribution in [3.05, 3.63) is 81.4 Å². The van der Waals surface area contributed by atoms with Gasteiger partial charge in [0.25, 0.3) is 0 Å². The molecule has 2 aromatic heterocycles. The van der Waals surface area contributed by atoms with Gasteiger partial charge in [-0.15, -0.1) is 11.3 Å². The van der Waals surface area contributed by atoms with E-state index in [1.807, 2.05) is 43.5 Å². The maximum Gasteiger partial charge on any atom is 0.230 e. The number of rotatable bonds is 3. The zero-order chi connectivity index (χ0) is 22.8. The van der Waals surface area contributed by atoms with Crippen LogP contribution >= 0.6 is 11.3 Å². The first kappa shape index (κ1) is 21.1. The topological polar surface area (TPSA) is 91.8 Å². The number of nitrogens with one attached hydrogen (secondary N) is 3. The Labute approximate surface area is 196 Å². The van der Waals surface area contributed by atoms with Crippen LogP contribution in [0.5, 0.6) is 0 Å². The normalized spacial score (nSPS) is 12.4. The number of nitrogens with zero attached hydrogens (tertiary/aromatic N) is 3. The molecule has 1 amide bonds. The van der Waals surface area contributed by atoms with Gasteiger partial charge in [0, 0.05) is 34.2 Å². The van der Waals surface area contributed by atoms with Crippen molar-refractivity contribution in [2.45, 2.75) is 33.1 Å². The zero-order valence-corrected chi connectivity index (χ0v) is 19.3. The van der Waals surface area contributed by atoms with Crippen LogP contribution < -0.4 is 16.0 Å². The van der Waals surface area contributed by atoms with E-state index in [9.17, 15) is 4.79 Å². The van der Waals surface area contributed by atoms with E-state index in [0.717, 1.165) is 57.6 Å². The number of hydrogen-bond donors (Lipinski definition) is 3. The lowest BCUT2D eigenvalue weighted by Crippen LogP contribution is -2.16. The Hall–Kier alpha value is -3.78. The lowest BCUT2D eigenvalue weighted by Gasteiger charge is -2.15. The van der Waals surface area contributed by atoms with Gasteiger partial charge in [-0.1, -0.05) is 12.1 Å². The number of benzene rings is 2. The lowest BCUT2D eigenvalue weighted by atomic mass is 10.0. The van der Waals surface area contributed by atoms with E-state index in [4.69, 9.17) is 0 Å². The van der Waals surface area contributed by atoms with Gasteiger partial charge in [-0.3, -0.25) is 4.79 Å². The molecule has 0 spiro atoms. The first-order chi connectivity index (χ1) is 16.0. The summed E-state index contributed by atoms with van der Waals surface area (Å²) < 4.78 is 0. The highest BCUT2D eigenvalue weighted by atomic mass is 32.1. The van der Waals surface area contributed by atoms with E-state index in [-0.39, 0.29) is 12.3 Å². The molecular weight excluding hydrogens is 432 g/mol. The molecule has 2 aromatic carbocycles. The van der Waals surface area contributed by atoms with E-state index in [1.54, 1.807) is 17.5 Å². The van der Waals surface area contributed by atoms with Crippen molar-refractivity contribution in [3.8, 4) is 0 Å². The van der Waals surface area contributed by atoms with Crippen molar-refractivity contribution in [1.29, 1.82) is 0 Å². The Morgan fingerprint density at radius 2 is 1.94 bits per heavy atom. The summed E-state index contributed by atoms with van der Waals surface area (Å²) in [4.78, 5) is 26.2. The summed E-state index contributed by atoms with van der Waals surface area (Å²) in [5.74, 6) is 1.22. The molecule has 166 valence electrons. The number of carbonyl (C=O) groups excluding carboxylic acids is 1. The highest BCUT2D eigenvalue weighted by Crippen LogP contribution is 2.28. The quantitative estimate of drug-likeness (QED) is 0.387. The molecule has 5 rings (SSSR count). The predicted octanol–water partition coefficient (Wildman–Crippen LogP) is 5.32. The third-order valence-electron chi connectivity index (χ3n) is 5.49. The summed E-state index contributed by atoms with van der Waals surface area (Å²) in [5.41, 5.74) is 6.68. The fraction of sp³-hybridized carbons (Fsp3) is 0.200. The van der Waals surface area contributed by atoms with Crippen molar-refractivity contribution in [3.63, 3.8) is 0 Å². The number of aryl methyl sites for hydroxylation is 4. The maximum absolute atomic E-state index is 12.7. The second-order valence-electron chi connectivity index (χ2n) is 8.13. The molecule has 0 aliphatic carbocycles. The van der Waals surface area contributed by atoms with Crippen LogP contribution in [0.4, 0.5) is 28.8 Å². The van der Waals surface area contributed by atoms with Gasteiger partial charge in [0.15, 0.2) is 0 Å². The minimum Gasteiger partial charge on any atom is -0.340 e. The molecule has 4 aromatic rings. The SMILES string of the molecule is Cc1nc(CC(=O)Nc2ccc3cc2CCc2cccc(c2)Nc2ncc(C)c(n2)N3)cs1. The van der Waals surface area contributed by atoms with Crippen molar-refractivity contribution >= 4 is 46.1 Å². The first-order valence-electron chi connectivity index (χ1n) is 10.8. The fourth-order valence-electron chi connectivity index (χ4n) is 3.83. The molecule has 3 heterocycles. The average Bonchev–Trinajstić information content (AvgIpc) is 3.20. The highest BCUT2D eigenvalue weighted by Gasteiger charge is 2.13. The number of fused-ring (bicyclic) bond motifs is 6. The Kier molecular flexibility index (Phi) is 5.75. The van der Waals surface area contributed by atoms with E-state index < -0.39 is 0 Å². The van der Waals surface area contributed by atoms with Crippen LogP contribution in [0, 0.1) is 13.8 Å². The van der Waals surface area contributed by atoms with E-state index in [2.05, 4.69) is 49.1 Å². The van der Waals surface area contributed by atoms with Crippen LogP contribution in [-0.2, 0) is 24.1 Å². The first-order valence-corrected chi connectivity index (χ1v) is 11.7. The molecule has 0 saturated carbocycles. The van der Waals surface area contributed by atoms with Gasteiger partial charge in [-0.25, -0.2) is 9.97 Å². The molecule has 0 unspecified atom stereocenters. The third kappa shape index (κ3) is 5.01. The number of thiazole rings is 1. The van der Waals surface area contributed by atoms with Crippen molar-refractivity contribution < 1.29 is 4.79 Å². The van der Waals surface area contributed by atoms with Gasteiger partial charge in [0.05, 0.1) is 17.1 Å². The molecule has 3 N–H and O–H groups in total. The zero-order valence-electron chi connectivity index (χ0n) is 18.5. The second kappa shape index (κ2) is 8.99. The number of anilines is 5. The van der Waals surface area contributed by atoms with E-state index >= 15 is 0 Å². The van der Waals surface area contributed by atoms with Gasteiger partial charge in [-0.05, 0) is 68.1 Å². The van der Waals surface area contributed by atoms with Crippen molar-refractivity contribution in [2.24, 2.45) is 0 Å². The summed E-state index contributed by atoms with van der Waals surface area (Å²) in [6, 6.07) is 14.2. The van der Waals surface area contributed by atoms with Gasteiger partial charge in [0.1, 0.15) is 5.82 Å². The smallest absolute Gasteiger partial charge is 0.230 e. The van der Waals surface area contributed by atoms with Gasteiger partial charge >= 0.3 is 0 Å². The molecule has 1 aliphatic heterocycles. The van der Waals surface area contributed by atoms with Crippen molar-refractivity contribution in [2.75, 3.05) is 16.0 Å². The number of carbonyl (C=O) groups is 1. The molecule has 8 heteroatoms. The van der Waals surface area contributed by atoms with Crippen LogP contribution in [0.1, 0.15) is 27.4 Å². The van der Waals surface area contributed by atoms with Crippen LogP contribution in [0.3, 0.4) is 0 Å². The minimum absolute atomic E-state index is 0.0670. The summed E-state index contributed by atoms with van der Waals surface area (Å²) in [6.07, 6.45) is 3.69. The Morgan fingerprint density at radius 3 is 2.79 bits per heavy atom. The standard InChI is InChI=1S/C25H24N6OS/c1-15-13-26-25-29-19-5-3-4-17(10-19)6-7-18-11-20(28-24(15)31-25)8-9-22(18)30-23(32)12-21-14-33-16(2)27-21/h3-5,8-11,13-14H,6-7,12H2,1-2H3,(H,30,32)(H2,26,28,29,31). The average molecular weight is 457 g/mol. The summed E-state index contributed by atoms with van der Waals surface area (Å²) >= 11 is 1.56. The molecule has 33 heavy (non-hydrogen) atoms. The molecule has 7 nitrogen and oxygen atoms in total. The Morgan fingerprint density at radius 1 is 1.06 bits per heavy atom. The predicted molar refractivity (Wildman–Crippen MR) is 133 cm³/mol. The van der Waals surface area contributed by atoms with Crippen molar-refractivity contribution in [1.82, 2.24) is 15.0 Å². The molecule has 0 fully saturated rings. The Bertz CT molecular complexity index is 1330. The van der Waals surface area contributed by atoms with Crippen LogP contribution in [0.25, 0.3) is 0 Å². The number of hydrogen-bond acceptors (Lipinski definition) is 7. The third-order valence-corrected chi connectivity index (χ3v) is 6.31. The lowest BCUT2D eigenvalue weighted by molar-refractivity contribution is -0.115. The summed E-state index contributed by atoms with van der Waals surface area (Å²) in [6.45, 7) is 3.92. The van der Waals surface area contributed by atoms with Gasteiger partial charge < -0.3 is 16.0 Å². The molecule has 0 radical (unpaired) electrons. The minimum atomic E-state index is -0.0670. The van der Waals surface area contributed by atoms with E-state index in [0.29, 0.717) is 5.95 Å². The van der Waals surface area contributed by atoms with Gasteiger partial charge in [0.2, 0.25) is 11.9 Å². The number of aromatic nitrogens is 3. The van der Waals surface area contributed by atoms with E-state index in [1.165, 1.54) is 5.56 Å². The van der Waals surface area contributed by atoms with Crippen LogP contribution in [-0.4, -0.2) is 20.9 Å².